The van der Waals surface area contributed by atoms with Gasteiger partial charge in [0, 0.05) is 10.6 Å². The van der Waals surface area contributed by atoms with Gasteiger partial charge < -0.3 is 18.1 Å². The molecule has 6 heteroatoms. The van der Waals surface area contributed by atoms with Crippen LogP contribution in [0.3, 0.4) is 0 Å². The molecule has 2 rings (SSSR count). The molecule has 0 saturated carbocycles. The zero-order valence-corrected chi connectivity index (χ0v) is 23.4. The standard InChI is InChI=1S/C28H44O4P2/c1-5-9-21-29-33(30-22-10-6-2)27-17-13-25(14-18-27)26-15-19-28(20-16-26)34(31-23-11-7-3)32-24-12-8-4/h13-20H,5-12,21-24H2,1-4H3. The summed E-state index contributed by atoms with van der Waals surface area (Å²) in [5.74, 6) is 0. The van der Waals surface area contributed by atoms with E-state index in [9.17, 15) is 0 Å². The van der Waals surface area contributed by atoms with Crippen LogP contribution in [0, 0.1) is 0 Å². The molecule has 34 heavy (non-hydrogen) atoms. The van der Waals surface area contributed by atoms with E-state index in [0.29, 0.717) is 0 Å². The molecule has 0 amide bonds. The minimum Gasteiger partial charge on any atom is -0.331 e. The lowest BCUT2D eigenvalue weighted by Crippen LogP contribution is -2.08. The van der Waals surface area contributed by atoms with Crippen LogP contribution >= 0.6 is 16.8 Å². The number of unbranched alkanes of at least 4 members (excludes halogenated alkanes) is 4. The predicted octanol–water partition coefficient (Wildman–Crippen LogP) is 8.49. The maximum atomic E-state index is 6.10. The third-order valence-electron chi connectivity index (χ3n) is 5.32. The smallest absolute Gasteiger partial charge is 0.205 e. The molecule has 2 aromatic carbocycles. The first-order valence-corrected chi connectivity index (χ1v) is 15.4. The molecular weight excluding hydrogens is 462 g/mol. The molecular formula is C28H44O4P2. The van der Waals surface area contributed by atoms with Crippen LogP contribution in [-0.4, -0.2) is 26.4 Å². The van der Waals surface area contributed by atoms with Gasteiger partial charge in [-0.05, 0) is 61.1 Å². The van der Waals surface area contributed by atoms with Gasteiger partial charge in [0.15, 0.2) is 0 Å². The molecule has 0 radical (unpaired) electrons. The highest BCUT2D eigenvalue weighted by molar-refractivity contribution is 7.56. The van der Waals surface area contributed by atoms with Gasteiger partial charge in [0.05, 0.1) is 26.4 Å². The largest absolute Gasteiger partial charge is 0.331 e. The van der Waals surface area contributed by atoms with Gasteiger partial charge in [-0.15, -0.1) is 0 Å². The number of hydrogen-bond donors (Lipinski definition) is 0. The molecule has 190 valence electrons. The molecule has 0 aliphatic rings. The van der Waals surface area contributed by atoms with Crippen molar-refractivity contribution >= 4 is 27.4 Å². The van der Waals surface area contributed by atoms with E-state index in [-0.39, 0.29) is 0 Å². The average molecular weight is 507 g/mol. The second-order valence-corrected chi connectivity index (χ2v) is 11.4. The Morgan fingerprint density at radius 2 is 0.706 bits per heavy atom. The van der Waals surface area contributed by atoms with Gasteiger partial charge >= 0.3 is 0 Å². The van der Waals surface area contributed by atoms with Crippen molar-refractivity contribution in [1.82, 2.24) is 0 Å². The van der Waals surface area contributed by atoms with Crippen molar-refractivity contribution in [3.8, 4) is 11.1 Å². The fourth-order valence-corrected chi connectivity index (χ4v) is 5.80. The van der Waals surface area contributed by atoms with E-state index in [1.54, 1.807) is 0 Å². The zero-order valence-electron chi connectivity index (χ0n) is 21.6. The molecule has 4 nitrogen and oxygen atoms in total. The first-order chi connectivity index (χ1) is 16.7. The summed E-state index contributed by atoms with van der Waals surface area (Å²) in [6, 6.07) is 17.3. The first-order valence-electron chi connectivity index (χ1n) is 13.1. The summed E-state index contributed by atoms with van der Waals surface area (Å²) in [5.41, 5.74) is 2.38. The maximum Gasteiger partial charge on any atom is 0.205 e. The molecule has 0 saturated heterocycles. The van der Waals surface area contributed by atoms with Gasteiger partial charge in [-0.2, -0.15) is 0 Å². The second kappa shape index (κ2) is 18.4. The lowest BCUT2D eigenvalue weighted by atomic mass is 10.1. The summed E-state index contributed by atoms with van der Waals surface area (Å²) in [5, 5.41) is 2.28. The van der Waals surface area contributed by atoms with Crippen LogP contribution in [-0.2, 0) is 18.1 Å². The Morgan fingerprint density at radius 3 is 0.941 bits per heavy atom. The topological polar surface area (TPSA) is 36.9 Å². The van der Waals surface area contributed by atoms with Gasteiger partial charge in [0.25, 0.3) is 0 Å². The molecule has 0 spiro atoms. The second-order valence-electron chi connectivity index (χ2n) is 8.36. The van der Waals surface area contributed by atoms with Crippen molar-refractivity contribution in [2.75, 3.05) is 26.4 Å². The minimum absolute atomic E-state index is 0.751. The molecule has 0 N–H and O–H groups in total. The van der Waals surface area contributed by atoms with Gasteiger partial charge in [-0.3, -0.25) is 0 Å². The molecule has 0 unspecified atom stereocenters. The summed E-state index contributed by atoms with van der Waals surface area (Å²) >= 11 is 0. The van der Waals surface area contributed by atoms with Gasteiger partial charge in [0.2, 0.25) is 16.8 Å². The van der Waals surface area contributed by atoms with E-state index in [4.69, 9.17) is 18.1 Å². The van der Waals surface area contributed by atoms with Crippen LogP contribution in [0.5, 0.6) is 0 Å². The van der Waals surface area contributed by atoms with Crippen molar-refractivity contribution in [2.45, 2.75) is 79.1 Å². The van der Waals surface area contributed by atoms with Crippen molar-refractivity contribution < 1.29 is 18.1 Å². The maximum absolute atomic E-state index is 6.10. The lowest BCUT2D eigenvalue weighted by molar-refractivity contribution is 0.250. The van der Waals surface area contributed by atoms with Crippen molar-refractivity contribution in [3.05, 3.63) is 48.5 Å². The summed E-state index contributed by atoms with van der Waals surface area (Å²) in [6.45, 7) is 11.7. The normalized spacial score (nSPS) is 11.6. The molecule has 0 bridgehead atoms. The first kappa shape index (κ1) is 29.4. The Bertz CT molecular complexity index is 667. The average Bonchev–Trinajstić information content (AvgIpc) is 2.87. The molecule has 2 aromatic rings. The van der Waals surface area contributed by atoms with Crippen LogP contribution < -0.4 is 10.6 Å². The molecule has 0 aromatic heterocycles. The third-order valence-corrected chi connectivity index (χ3v) is 8.42. The zero-order chi connectivity index (χ0) is 24.4. The highest BCUT2D eigenvalue weighted by Crippen LogP contribution is 2.39. The summed E-state index contributed by atoms with van der Waals surface area (Å²) in [7, 11) is -2.04. The van der Waals surface area contributed by atoms with Crippen molar-refractivity contribution in [1.29, 1.82) is 0 Å². The Balaban J connectivity index is 2.06. The number of rotatable bonds is 19. The number of benzene rings is 2. The summed E-state index contributed by atoms with van der Waals surface area (Å²) in [6.07, 6.45) is 8.76. The summed E-state index contributed by atoms with van der Waals surface area (Å²) < 4.78 is 24.4. The summed E-state index contributed by atoms with van der Waals surface area (Å²) in [4.78, 5) is 0. The Labute approximate surface area is 210 Å². The highest BCUT2D eigenvalue weighted by atomic mass is 31.2. The van der Waals surface area contributed by atoms with E-state index in [2.05, 4.69) is 76.2 Å². The van der Waals surface area contributed by atoms with Crippen LogP contribution in [0.15, 0.2) is 48.5 Å². The third kappa shape index (κ3) is 10.8. The monoisotopic (exact) mass is 506 g/mol. The molecule has 0 aliphatic heterocycles. The minimum atomic E-state index is -1.02. The van der Waals surface area contributed by atoms with Gasteiger partial charge in [-0.1, -0.05) is 77.6 Å². The van der Waals surface area contributed by atoms with Crippen molar-refractivity contribution in [3.63, 3.8) is 0 Å². The Morgan fingerprint density at radius 1 is 0.441 bits per heavy atom. The highest BCUT2D eigenvalue weighted by Gasteiger charge is 2.16. The Hall–Kier alpha value is -0.860. The fourth-order valence-electron chi connectivity index (χ4n) is 3.09. The van der Waals surface area contributed by atoms with Crippen LogP contribution in [0.4, 0.5) is 0 Å². The van der Waals surface area contributed by atoms with Crippen LogP contribution in [0.1, 0.15) is 79.1 Å². The van der Waals surface area contributed by atoms with Crippen LogP contribution in [0.2, 0.25) is 0 Å². The SMILES string of the molecule is CCCCOP(OCCCC)c1ccc(-c2ccc(P(OCCCC)OCCCC)cc2)cc1. The fraction of sp³-hybridized carbons (Fsp3) is 0.571. The van der Waals surface area contributed by atoms with Crippen molar-refractivity contribution in [2.24, 2.45) is 0 Å². The molecule has 0 aliphatic carbocycles. The van der Waals surface area contributed by atoms with Gasteiger partial charge in [0.1, 0.15) is 0 Å². The van der Waals surface area contributed by atoms with E-state index in [0.717, 1.165) is 88.4 Å². The van der Waals surface area contributed by atoms with E-state index in [1.165, 1.54) is 11.1 Å². The van der Waals surface area contributed by atoms with Crippen LogP contribution in [0.25, 0.3) is 11.1 Å². The van der Waals surface area contributed by atoms with E-state index in [1.807, 2.05) is 0 Å². The Kier molecular flexibility index (Phi) is 15.9. The van der Waals surface area contributed by atoms with Gasteiger partial charge in [-0.25, -0.2) is 0 Å². The lowest BCUT2D eigenvalue weighted by Gasteiger charge is -2.19. The molecule has 0 atom stereocenters. The molecule has 0 heterocycles. The van der Waals surface area contributed by atoms with E-state index >= 15 is 0 Å². The quantitative estimate of drug-likeness (QED) is 0.141. The molecule has 0 fully saturated rings. The predicted molar refractivity (Wildman–Crippen MR) is 148 cm³/mol. The number of hydrogen-bond acceptors (Lipinski definition) is 4. The van der Waals surface area contributed by atoms with E-state index < -0.39 is 16.8 Å².